The van der Waals surface area contributed by atoms with Crippen LogP contribution in [-0.2, 0) is 9.53 Å². The monoisotopic (exact) mass is 252 g/mol. The van der Waals surface area contributed by atoms with E-state index in [1.165, 1.54) is 0 Å². The SMILES string of the molecule is O=C(CC1C=CCC1)NCCOC1CCNCC1. The second kappa shape index (κ2) is 7.54. The number of carbonyl (C=O) groups excluding carboxylic acids is 1. The van der Waals surface area contributed by atoms with Crippen molar-refractivity contribution in [3.8, 4) is 0 Å². The van der Waals surface area contributed by atoms with Gasteiger partial charge < -0.3 is 15.4 Å². The Hall–Kier alpha value is -0.870. The Balaban J connectivity index is 1.49. The topological polar surface area (TPSA) is 50.4 Å². The van der Waals surface area contributed by atoms with E-state index in [1.54, 1.807) is 0 Å². The molecule has 1 heterocycles. The molecule has 4 heteroatoms. The fraction of sp³-hybridized carbons (Fsp3) is 0.786. The molecule has 0 aromatic heterocycles. The summed E-state index contributed by atoms with van der Waals surface area (Å²) in [5, 5.41) is 6.24. The summed E-state index contributed by atoms with van der Waals surface area (Å²) in [4.78, 5) is 11.6. The number of hydrogen-bond acceptors (Lipinski definition) is 3. The molecule has 1 atom stereocenters. The second-order valence-corrected chi connectivity index (χ2v) is 5.14. The lowest BCUT2D eigenvalue weighted by Gasteiger charge is -2.23. The number of nitrogens with one attached hydrogen (secondary N) is 2. The zero-order valence-electron chi connectivity index (χ0n) is 11.0. The first-order valence-electron chi connectivity index (χ1n) is 7.10. The van der Waals surface area contributed by atoms with Gasteiger partial charge in [-0.1, -0.05) is 12.2 Å². The average Bonchev–Trinajstić information content (AvgIpc) is 2.89. The van der Waals surface area contributed by atoms with E-state index in [9.17, 15) is 4.79 Å². The molecule has 2 N–H and O–H groups in total. The molecule has 0 bridgehead atoms. The van der Waals surface area contributed by atoms with Crippen LogP contribution < -0.4 is 10.6 Å². The van der Waals surface area contributed by atoms with Crippen LogP contribution in [-0.4, -0.2) is 38.3 Å². The number of piperidine rings is 1. The molecule has 0 radical (unpaired) electrons. The minimum absolute atomic E-state index is 0.153. The highest BCUT2D eigenvalue weighted by atomic mass is 16.5. The van der Waals surface area contributed by atoms with Crippen molar-refractivity contribution in [3.63, 3.8) is 0 Å². The third-order valence-electron chi connectivity index (χ3n) is 3.62. The molecule has 0 saturated carbocycles. The molecule has 2 rings (SSSR count). The van der Waals surface area contributed by atoms with Crippen molar-refractivity contribution in [2.24, 2.45) is 5.92 Å². The lowest BCUT2D eigenvalue weighted by Crippen LogP contribution is -2.35. The lowest BCUT2D eigenvalue weighted by molar-refractivity contribution is -0.122. The van der Waals surface area contributed by atoms with Gasteiger partial charge in [-0.15, -0.1) is 0 Å². The van der Waals surface area contributed by atoms with Crippen molar-refractivity contribution in [3.05, 3.63) is 12.2 Å². The number of hydrogen-bond donors (Lipinski definition) is 2. The summed E-state index contributed by atoms with van der Waals surface area (Å²) < 4.78 is 5.73. The quantitative estimate of drug-likeness (QED) is 0.552. The summed E-state index contributed by atoms with van der Waals surface area (Å²) >= 11 is 0. The van der Waals surface area contributed by atoms with Crippen LogP contribution in [0.15, 0.2) is 12.2 Å². The molecule has 1 fully saturated rings. The predicted molar refractivity (Wildman–Crippen MR) is 71.3 cm³/mol. The Kier molecular flexibility index (Phi) is 5.68. The van der Waals surface area contributed by atoms with Gasteiger partial charge in [0.1, 0.15) is 0 Å². The number of carbonyl (C=O) groups is 1. The summed E-state index contributed by atoms with van der Waals surface area (Å²) in [6.45, 7) is 3.37. The Bertz CT molecular complexity index is 286. The van der Waals surface area contributed by atoms with E-state index >= 15 is 0 Å². The number of rotatable bonds is 6. The van der Waals surface area contributed by atoms with E-state index in [4.69, 9.17) is 4.74 Å². The van der Waals surface area contributed by atoms with E-state index < -0.39 is 0 Å². The third kappa shape index (κ3) is 4.78. The van der Waals surface area contributed by atoms with Gasteiger partial charge in [0.25, 0.3) is 0 Å². The van der Waals surface area contributed by atoms with Gasteiger partial charge in [-0.05, 0) is 44.7 Å². The number of ether oxygens (including phenoxy) is 1. The number of amides is 1. The molecule has 102 valence electrons. The van der Waals surface area contributed by atoms with Crippen LogP contribution in [0.5, 0.6) is 0 Å². The van der Waals surface area contributed by atoms with Gasteiger partial charge in [0.15, 0.2) is 0 Å². The highest BCUT2D eigenvalue weighted by Crippen LogP contribution is 2.19. The standard InChI is InChI=1S/C14H24N2O2/c17-14(11-12-3-1-2-4-12)16-9-10-18-13-5-7-15-8-6-13/h1,3,12-13,15H,2,4-11H2,(H,16,17). The van der Waals surface area contributed by atoms with E-state index in [0.29, 0.717) is 31.6 Å². The minimum atomic E-state index is 0.153. The molecule has 18 heavy (non-hydrogen) atoms. The van der Waals surface area contributed by atoms with Gasteiger partial charge in [0, 0.05) is 13.0 Å². The van der Waals surface area contributed by atoms with Crippen LogP contribution in [0.2, 0.25) is 0 Å². The third-order valence-corrected chi connectivity index (χ3v) is 3.62. The molecule has 1 aliphatic carbocycles. The molecule has 1 aliphatic heterocycles. The van der Waals surface area contributed by atoms with Crippen molar-refractivity contribution >= 4 is 5.91 Å². The average molecular weight is 252 g/mol. The normalized spacial score (nSPS) is 24.3. The second-order valence-electron chi connectivity index (χ2n) is 5.14. The molecule has 1 saturated heterocycles. The van der Waals surface area contributed by atoms with Crippen LogP contribution in [0.3, 0.4) is 0 Å². The van der Waals surface area contributed by atoms with Crippen LogP contribution in [0.1, 0.15) is 32.1 Å². The zero-order chi connectivity index (χ0) is 12.6. The maximum Gasteiger partial charge on any atom is 0.220 e. The first-order chi connectivity index (χ1) is 8.84. The van der Waals surface area contributed by atoms with Gasteiger partial charge in [-0.25, -0.2) is 0 Å². The summed E-state index contributed by atoms with van der Waals surface area (Å²) in [6.07, 6.45) is 9.74. The predicted octanol–water partition coefficient (Wildman–Crippen LogP) is 1.23. The first-order valence-corrected chi connectivity index (χ1v) is 7.10. The van der Waals surface area contributed by atoms with Crippen LogP contribution in [0, 0.1) is 5.92 Å². The molecule has 1 amide bonds. The fourth-order valence-corrected chi connectivity index (χ4v) is 2.55. The van der Waals surface area contributed by atoms with Crippen molar-refractivity contribution in [2.75, 3.05) is 26.2 Å². The van der Waals surface area contributed by atoms with E-state index in [1.807, 2.05) is 0 Å². The molecule has 1 unspecified atom stereocenters. The molecule has 0 aromatic carbocycles. The molecule has 0 aromatic rings. The summed E-state index contributed by atoms with van der Waals surface area (Å²) in [7, 11) is 0. The van der Waals surface area contributed by atoms with Crippen molar-refractivity contribution < 1.29 is 9.53 Å². The summed E-state index contributed by atoms with van der Waals surface area (Å²) in [5.74, 6) is 0.607. The van der Waals surface area contributed by atoms with Crippen molar-refractivity contribution in [1.82, 2.24) is 10.6 Å². The van der Waals surface area contributed by atoms with E-state index in [0.717, 1.165) is 38.8 Å². The molecular formula is C14H24N2O2. The minimum Gasteiger partial charge on any atom is -0.376 e. The lowest BCUT2D eigenvalue weighted by atomic mass is 10.1. The molecule has 2 aliphatic rings. The van der Waals surface area contributed by atoms with E-state index in [-0.39, 0.29) is 5.91 Å². The zero-order valence-corrected chi connectivity index (χ0v) is 11.0. The Labute approximate surface area is 109 Å². The highest BCUT2D eigenvalue weighted by Gasteiger charge is 2.15. The van der Waals surface area contributed by atoms with Crippen LogP contribution in [0.25, 0.3) is 0 Å². The van der Waals surface area contributed by atoms with Gasteiger partial charge in [-0.2, -0.15) is 0 Å². The molecule has 4 nitrogen and oxygen atoms in total. The maximum atomic E-state index is 11.6. The maximum absolute atomic E-state index is 11.6. The van der Waals surface area contributed by atoms with Gasteiger partial charge in [-0.3, -0.25) is 4.79 Å². The highest BCUT2D eigenvalue weighted by molar-refractivity contribution is 5.76. The van der Waals surface area contributed by atoms with E-state index in [2.05, 4.69) is 22.8 Å². The Morgan fingerprint density at radius 3 is 2.89 bits per heavy atom. The van der Waals surface area contributed by atoms with Crippen LogP contribution in [0.4, 0.5) is 0 Å². The van der Waals surface area contributed by atoms with Crippen LogP contribution >= 0.6 is 0 Å². The first kappa shape index (κ1) is 13.6. The van der Waals surface area contributed by atoms with Crippen molar-refractivity contribution in [2.45, 2.75) is 38.2 Å². The van der Waals surface area contributed by atoms with Gasteiger partial charge in [0.2, 0.25) is 5.91 Å². The van der Waals surface area contributed by atoms with Gasteiger partial charge >= 0.3 is 0 Å². The van der Waals surface area contributed by atoms with Gasteiger partial charge in [0.05, 0.1) is 12.7 Å². The summed E-state index contributed by atoms with van der Waals surface area (Å²) in [6, 6.07) is 0. The fourth-order valence-electron chi connectivity index (χ4n) is 2.55. The molecule has 0 spiro atoms. The van der Waals surface area contributed by atoms with Crippen molar-refractivity contribution in [1.29, 1.82) is 0 Å². The molecular weight excluding hydrogens is 228 g/mol. The Morgan fingerprint density at radius 2 is 2.17 bits per heavy atom. The Morgan fingerprint density at radius 1 is 1.33 bits per heavy atom. The largest absolute Gasteiger partial charge is 0.376 e. The summed E-state index contributed by atoms with van der Waals surface area (Å²) in [5.41, 5.74) is 0. The smallest absolute Gasteiger partial charge is 0.220 e. The number of allylic oxidation sites excluding steroid dienone is 2.